The number of aryl methyl sites for hydroxylation is 2. The van der Waals surface area contributed by atoms with Crippen molar-refractivity contribution in [3.63, 3.8) is 0 Å². The van der Waals surface area contributed by atoms with Gasteiger partial charge < -0.3 is 5.32 Å². The molecule has 2 aromatic heterocycles. The molecule has 0 saturated heterocycles. The van der Waals surface area contributed by atoms with E-state index in [4.69, 9.17) is 11.6 Å². The number of hydrogen-bond acceptors (Lipinski definition) is 3. The van der Waals surface area contributed by atoms with Crippen molar-refractivity contribution < 1.29 is 22.4 Å². The molecule has 11 heteroatoms. The van der Waals surface area contributed by atoms with E-state index in [0.29, 0.717) is 22.6 Å². The number of alkyl halides is 3. The van der Waals surface area contributed by atoms with Crippen LogP contribution in [0.15, 0.2) is 24.3 Å². The normalized spacial score (nSPS) is 11.7. The van der Waals surface area contributed by atoms with Crippen LogP contribution in [0.2, 0.25) is 5.02 Å². The summed E-state index contributed by atoms with van der Waals surface area (Å²) in [5, 5.41) is 9.33. The predicted molar refractivity (Wildman–Crippen MR) is 98.4 cm³/mol. The molecule has 0 bridgehead atoms. The van der Waals surface area contributed by atoms with Gasteiger partial charge in [0.25, 0.3) is 5.91 Å². The Kier molecular flexibility index (Phi) is 5.40. The summed E-state index contributed by atoms with van der Waals surface area (Å²) in [6, 6.07) is 6.19. The van der Waals surface area contributed by atoms with E-state index in [1.807, 2.05) is 0 Å². The van der Waals surface area contributed by atoms with Gasteiger partial charge in [-0.1, -0.05) is 29.8 Å². The fourth-order valence-corrected chi connectivity index (χ4v) is 3.27. The highest BCUT2D eigenvalue weighted by Gasteiger charge is 2.39. The van der Waals surface area contributed by atoms with E-state index in [9.17, 15) is 22.4 Å². The number of anilines is 1. The van der Waals surface area contributed by atoms with Crippen molar-refractivity contribution in [3.8, 4) is 0 Å². The molecule has 3 aromatic rings. The number of hydrogen-bond donors (Lipinski definition) is 1. The summed E-state index contributed by atoms with van der Waals surface area (Å²) in [6.07, 6.45) is -4.79. The highest BCUT2D eigenvalue weighted by molar-refractivity contribution is 6.34. The summed E-state index contributed by atoms with van der Waals surface area (Å²) in [7, 11) is 1.19. The lowest BCUT2D eigenvalue weighted by molar-refractivity contribution is -0.141. The van der Waals surface area contributed by atoms with Gasteiger partial charge in [0.15, 0.2) is 5.69 Å². The molecule has 3 rings (SSSR count). The number of aromatic nitrogens is 4. The van der Waals surface area contributed by atoms with Crippen LogP contribution in [-0.2, 0) is 19.8 Å². The maximum absolute atomic E-state index is 13.9. The number of rotatable bonds is 4. The Morgan fingerprint density at radius 2 is 1.86 bits per heavy atom. The van der Waals surface area contributed by atoms with Crippen molar-refractivity contribution in [3.05, 3.63) is 63.4 Å². The quantitative estimate of drug-likeness (QED) is 0.627. The zero-order chi connectivity index (χ0) is 21.5. The van der Waals surface area contributed by atoms with Crippen molar-refractivity contribution in [1.82, 2.24) is 19.6 Å². The number of halogens is 5. The second kappa shape index (κ2) is 7.51. The molecule has 29 heavy (non-hydrogen) atoms. The van der Waals surface area contributed by atoms with Crippen LogP contribution < -0.4 is 5.32 Å². The lowest BCUT2D eigenvalue weighted by atomic mass is 10.2. The van der Waals surface area contributed by atoms with Gasteiger partial charge in [-0.3, -0.25) is 14.2 Å². The van der Waals surface area contributed by atoms with Crippen molar-refractivity contribution in [1.29, 1.82) is 0 Å². The fraction of sp³-hybridized carbons (Fsp3) is 0.278. The highest BCUT2D eigenvalue weighted by atomic mass is 35.5. The first-order valence-electron chi connectivity index (χ1n) is 8.39. The number of carbonyl (C=O) groups is 1. The van der Waals surface area contributed by atoms with E-state index in [0.717, 1.165) is 4.68 Å². The fourth-order valence-electron chi connectivity index (χ4n) is 2.92. The number of nitrogens with zero attached hydrogens (tertiary/aromatic N) is 4. The molecule has 0 saturated carbocycles. The number of nitrogens with one attached hydrogen (secondary N) is 1. The van der Waals surface area contributed by atoms with Crippen molar-refractivity contribution in [2.75, 3.05) is 5.32 Å². The van der Waals surface area contributed by atoms with Crippen molar-refractivity contribution in [2.45, 2.75) is 26.6 Å². The zero-order valence-electron chi connectivity index (χ0n) is 15.6. The Bertz CT molecular complexity index is 1090. The van der Waals surface area contributed by atoms with Gasteiger partial charge >= 0.3 is 6.18 Å². The smallest absolute Gasteiger partial charge is 0.317 e. The Labute approximate surface area is 168 Å². The molecule has 0 aliphatic carbocycles. The Balaban J connectivity index is 1.90. The van der Waals surface area contributed by atoms with Crippen LogP contribution in [0.5, 0.6) is 0 Å². The monoisotopic (exact) mass is 429 g/mol. The van der Waals surface area contributed by atoms with Crippen LogP contribution in [0.25, 0.3) is 0 Å². The van der Waals surface area contributed by atoms with Gasteiger partial charge in [-0.25, -0.2) is 4.39 Å². The molecular weight excluding hydrogens is 414 g/mol. The van der Waals surface area contributed by atoms with E-state index in [-0.39, 0.29) is 6.54 Å². The summed E-state index contributed by atoms with van der Waals surface area (Å²) in [6.45, 7) is 3.40. The van der Waals surface area contributed by atoms with Crippen LogP contribution >= 0.6 is 11.6 Å². The molecule has 2 heterocycles. The van der Waals surface area contributed by atoms with Crippen LogP contribution in [0, 0.1) is 19.7 Å². The van der Waals surface area contributed by atoms with Gasteiger partial charge in [-0.15, -0.1) is 0 Å². The van der Waals surface area contributed by atoms with Crippen LogP contribution in [0.4, 0.5) is 23.2 Å². The maximum atomic E-state index is 13.9. The standard InChI is InChI=1S/C18H16ClF4N5O/c1-9-14(10(2)28(25-9)8-11-6-4-5-7-12(11)20)24-17(29)15-13(19)16(18(21,22)23)26-27(15)3/h4-7H,8H2,1-3H3,(H,24,29). The minimum atomic E-state index is -4.79. The Morgan fingerprint density at radius 1 is 1.21 bits per heavy atom. The van der Waals surface area contributed by atoms with Crippen LogP contribution in [-0.4, -0.2) is 25.5 Å². The first-order chi connectivity index (χ1) is 13.5. The van der Waals surface area contributed by atoms with E-state index in [1.54, 1.807) is 32.0 Å². The largest absolute Gasteiger partial charge is 0.436 e. The van der Waals surface area contributed by atoms with Crippen molar-refractivity contribution >= 4 is 23.2 Å². The summed E-state index contributed by atoms with van der Waals surface area (Å²) < 4.78 is 55.1. The number of amides is 1. The molecule has 0 fully saturated rings. The van der Waals surface area contributed by atoms with Crippen LogP contribution in [0.3, 0.4) is 0 Å². The predicted octanol–water partition coefficient (Wildman–Crippen LogP) is 4.35. The van der Waals surface area contributed by atoms with Gasteiger partial charge in [-0.2, -0.15) is 23.4 Å². The van der Waals surface area contributed by atoms with E-state index >= 15 is 0 Å². The van der Waals surface area contributed by atoms with E-state index in [2.05, 4.69) is 15.5 Å². The molecular formula is C18H16ClF4N5O. The molecule has 1 N–H and O–H groups in total. The average molecular weight is 430 g/mol. The van der Waals surface area contributed by atoms with E-state index < -0.39 is 34.3 Å². The van der Waals surface area contributed by atoms with Gasteiger partial charge in [0.1, 0.15) is 16.5 Å². The third-order valence-corrected chi connectivity index (χ3v) is 4.73. The molecule has 154 valence electrons. The average Bonchev–Trinajstić information content (AvgIpc) is 3.07. The SMILES string of the molecule is Cc1nn(Cc2ccccc2F)c(C)c1NC(=O)c1c(Cl)c(C(F)(F)F)nn1C. The molecule has 0 atom stereocenters. The summed E-state index contributed by atoms with van der Waals surface area (Å²) in [5.74, 6) is -1.26. The van der Waals surface area contributed by atoms with Crippen LogP contribution in [0.1, 0.15) is 33.1 Å². The third-order valence-electron chi connectivity index (χ3n) is 4.37. The Morgan fingerprint density at radius 3 is 2.45 bits per heavy atom. The second-order valence-electron chi connectivity index (χ2n) is 6.38. The minimum Gasteiger partial charge on any atom is -0.317 e. The van der Waals surface area contributed by atoms with Gasteiger partial charge in [0.2, 0.25) is 0 Å². The zero-order valence-corrected chi connectivity index (χ0v) is 16.4. The molecule has 0 aliphatic heterocycles. The second-order valence-corrected chi connectivity index (χ2v) is 6.76. The van der Waals surface area contributed by atoms with Crippen molar-refractivity contribution in [2.24, 2.45) is 7.05 Å². The molecule has 0 radical (unpaired) electrons. The topological polar surface area (TPSA) is 64.7 Å². The first kappa shape index (κ1) is 20.8. The lowest BCUT2D eigenvalue weighted by Gasteiger charge is -2.08. The summed E-state index contributed by atoms with van der Waals surface area (Å²) >= 11 is 5.76. The molecule has 1 aromatic carbocycles. The summed E-state index contributed by atoms with van der Waals surface area (Å²) in [5.41, 5.74) is -0.136. The van der Waals surface area contributed by atoms with Gasteiger partial charge in [0, 0.05) is 12.6 Å². The molecule has 1 amide bonds. The first-order valence-corrected chi connectivity index (χ1v) is 8.77. The molecule has 0 spiro atoms. The summed E-state index contributed by atoms with van der Waals surface area (Å²) in [4.78, 5) is 12.6. The van der Waals surface area contributed by atoms with Gasteiger partial charge in [0.05, 0.1) is 23.6 Å². The minimum absolute atomic E-state index is 0.125. The number of benzene rings is 1. The number of carbonyl (C=O) groups excluding carboxylic acids is 1. The Hall–Kier alpha value is -2.88. The maximum Gasteiger partial charge on any atom is 0.436 e. The van der Waals surface area contributed by atoms with Gasteiger partial charge in [-0.05, 0) is 19.9 Å². The molecule has 6 nitrogen and oxygen atoms in total. The lowest BCUT2D eigenvalue weighted by Crippen LogP contribution is -2.17. The highest BCUT2D eigenvalue weighted by Crippen LogP contribution is 2.35. The molecule has 0 unspecified atom stereocenters. The third kappa shape index (κ3) is 3.98. The van der Waals surface area contributed by atoms with E-state index in [1.165, 1.54) is 17.8 Å². The molecule has 0 aliphatic rings.